The minimum Gasteiger partial charge on any atom is -0.426 e. The van der Waals surface area contributed by atoms with Gasteiger partial charge in [-0.1, -0.05) is 76.3 Å². The summed E-state index contributed by atoms with van der Waals surface area (Å²) in [6, 6.07) is 4.08. The fourth-order valence-electron chi connectivity index (χ4n) is 3.71. The number of ether oxygens (including phenoxy) is 1. The van der Waals surface area contributed by atoms with Crippen molar-refractivity contribution in [1.29, 1.82) is 0 Å². The zero-order valence-corrected chi connectivity index (χ0v) is 16.0. The van der Waals surface area contributed by atoms with Gasteiger partial charge in [-0.3, -0.25) is 4.79 Å². The molecule has 0 bridgehead atoms. The van der Waals surface area contributed by atoms with Gasteiger partial charge in [0, 0.05) is 12.5 Å². The fraction of sp³-hybridized carbons (Fsp3) is 0.667. The van der Waals surface area contributed by atoms with Crippen LogP contribution in [0.25, 0.3) is 0 Å². The van der Waals surface area contributed by atoms with Crippen molar-refractivity contribution in [2.45, 2.75) is 77.6 Å². The molecule has 0 aromatic heterocycles. The summed E-state index contributed by atoms with van der Waals surface area (Å²) in [5.74, 6) is 0.883. The minimum absolute atomic E-state index is 0.0336. The van der Waals surface area contributed by atoms with Gasteiger partial charge in [0.25, 0.3) is 0 Å². The highest BCUT2D eigenvalue weighted by atomic mass is 35.5. The molecule has 2 nitrogen and oxygen atoms in total. The van der Waals surface area contributed by atoms with E-state index in [9.17, 15) is 9.18 Å². The minimum atomic E-state index is -0.566. The van der Waals surface area contributed by atoms with E-state index in [0.29, 0.717) is 12.3 Å². The molecule has 0 saturated heterocycles. The summed E-state index contributed by atoms with van der Waals surface area (Å²) in [5.41, 5.74) is 0. The highest BCUT2D eigenvalue weighted by molar-refractivity contribution is 6.30. The van der Waals surface area contributed by atoms with Crippen molar-refractivity contribution in [3.63, 3.8) is 0 Å². The van der Waals surface area contributed by atoms with Gasteiger partial charge in [-0.05, 0) is 30.4 Å². The lowest BCUT2D eigenvalue weighted by Gasteiger charge is -2.28. The molecule has 0 radical (unpaired) electrons. The average Bonchev–Trinajstić information content (AvgIpc) is 2.61. The first-order valence-electron chi connectivity index (χ1n) is 9.74. The van der Waals surface area contributed by atoms with E-state index in [4.69, 9.17) is 16.3 Å². The molecule has 1 saturated carbocycles. The van der Waals surface area contributed by atoms with Crippen LogP contribution in [-0.2, 0) is 4.79 Å². The molecule has 0 unspecified atom stereocenters. The zero-order valence-electron chi connectivity index (χ0n) is 15.2. The van der Waals surface area contributed by atoms with Gasteiger partial charge in [-0.2, -0.15) is 0 Å². The Bertz CT molecular complexity index is 539. The topological polar surface area (TPSA) is 26.3 Å². The van der Waals surface area contributed by atoms with Crippen LogP contribution in [0.2, 0.25) is 5.02 Å². The van der Waals surface area contributed by atoms with Crippen LogP contribution in [0.3, 0.4) is 0 Å². The number of hydrogen-bond acceptors (Lipinski definition) is 2. The molecule has 1 aliphatic carbocycles. The standard InChI is InChI=1S/C21H30ClFO2/c1-2-3-4-5-6-16-7-9-17(10-8-16)11-14-21(24)25-18-12-13-19(22)20(23)15-18/h12-13,15-17H,2-11,14H2,1H3/t16-,17-. The van der Waals surface area contributed by atoms with Gasteiger partial charge in [-0.25, -0.2) is 4.39 Å². The molecule has 0 N–H and O–H groups in total. The molecular formula is C21H30ClFO2. The second-order valence-corrected chi connectivity index (χ2v) is 7.73. The van der Waals surface area contributed by atoms with Crippen LogP contribution in [0, 0.1) is 17.7 Å². The number of esters is 1. The average molecular weight is 369 g/mol. The Balaban J connectivity index is 1.62. The smallest absolute Gasteiger partial charge is 0.311 e. The Morgan fingerprint density at radius 2 is 1.80 bits per heavy atom. The quantitative estimate of drug-likeness (QED) is 0.268. The Kier molecular flexibility index (Phi) is 8.74. The number of halogens is 2. The normalized spacial score (nSPS) is 20.4. The van der Waals surface area contributed by atoms with Gasteiger partial charge >= 0.3 is 5.97 Å². The maximum absolute atomic E-state index is 13.4. The predicted octanol–water partition coefficient (Wildman–Crippen LogP) is 6.94. The molecule has 4 heteroatoms. The van der Waals surface area contributed by atoms with Crippen molar-refractivity contribution in [3.05, 3.63) is 29.0 Å². The van der Waals surface area contributed by atoms with Crippen LogP contribution in [0.1, 0.15) is 77.6 Å². The van der Waals surface area contributed by atoms with E-state index in [0.717, 1.165) is 18.4 Å². The van der Waals surface area contributed by atoms with Crippen LogP contribution < -0.4 is 4.74 Å². The molecule has 1 aromatic carbocycles. The van der Waals surface area contributed by atoms with E-state index in [-0.39, 0.29) is 16.7 Å². The Morgan fingerprint density at radius 3 is 2.44 bits per heavy atom. The Labute approximate surface area is 156 Å². The molecule has 1 aromatic rings. The zero-order chi connectivity index (χ0) is 18.1. The van der Waals surface area contributed by atoms with Crippen molar-refractivity contribution >= 4 is 17.6 Å². The number of carbonyl (C=O) groups excluding carboxylic acids is 1. The summed E-state index contributed by atoms with van der Waals surface area (Å²) in [7, 11) is 0. The largest absolute Gasteiger partial charge is 0.426 e. The van der Waals surface area contributed by atoms with Crippen molar-refractivity contribution in [2.24, 2.45) is 11.8 Å². The predicted molar refractivity (Wildman–Crippen MR) is 100 cm³/mol. The van der Waals surface area contributed by atoms with Crippen LogP contribution in [0.15, 0.2) is 18.2 Å². The number of rotatable bonds is 9. The number of carbonyl (C=O) groups is 1. The fourth-order valence-corrected chi connectivity index (χ4v) is 3.83. The monoisotopic (exact) mass is 368 g/mol. The van der Waals surface area contributed by atoms with Gasteiger partial charge in [0.2, 0.25) is 0 Å². The first-order valence-corrected chi connectivity index (χ1v) is 10.1. The molecule has 0 amide bonds. The summed E-state index contributed by atoms with van der Waals surface area (Å²) in [4.78, 5) is 11.9. The lowest BCUT2D eigenvalue weighted by Crippen LogP contribution is -2.17. The van der Waals surface area contributed by atoms with E-state index in [2.05, 4.69) is 6.92 Å². The Hall–Kier alpha value is -1.09. The number of hydrogen-bond donors (Lipinski definition) is 0. The van der Waals surface area contributed by atoms with Crippen LogP contribution >= 0.6 is 11.6 Å². The van der Waals surface area contributed by atoms with Gasteiger partial charge in [0.15, 0.2) is 0 Å². The molecule has 2 rings (SSSR count). The maximum atomic E-state index is 13.4. The van der Waals surface area contributed by atoms with Crippen LogP contribution in [0.4, 0.5) is 4.39 Å². The first-order chi connectivity index (χ1) is 12.1. The second-order valence-electron chi connectivity index (χ2n) is 7.32. The highest BCUT2D eigenvalue weighted by Crippen LogP contribution is 2.34. The molecule has 0 heterocycles. The molecule has 0 atom stereocenters. The van der Waals surface area contributed by atoms with Gasteiger partial charge in [0.05, 0.1) is 5.02 Å². The summed E-state index contributed by atoms with van der Waals surface area (Å²) >= 11 is 5.62. The summed E-state index contributed by atoms with van der Waals surface area (Å²) in [6.45, 7) is 2.25. The van der Waals surface area contributed by atoms with E-state index < -0.39 is 5.82 Å². The van der Waals surface area contributed by atoms with Crippen molar-refractivity contribution in [2.75, 3.05) is 0 Å². The van der Waals surface area contributed by atoms with E-state index in [1.54, 1.807) is 0 Å². The molecule has 140 valence electrons. The van der Waals surface area contributed by atoms with Gasteiger partial charge in [-0.15, -0.1) is 0 Å². The molecule has 25 heavy (non-hydrogen) atoms. The summed E-state index contributed by atoms with van der Waals surface area (Å²) in [6.07, 6.45) is 13.1. The highest BCUT2D eigenvalue weighted by Gasteiger charge is 2.21. The van der Waals surface area contributed by atoms with Crippen molar-refractivity contribution in [3.8, 4) is 5.75 Å². The van der Waals surface area contributed by atoms with Crippen LogP contribution in [-0.4, -0.2) is 5.97 Å². The molecule has 0 aliphatic heterocycles. The van der Waals surface area contributed by atoms with E-state index >= 15 is 0 Å². The molecule has 1 aliphatic rings. The third kappa shape index (κ3) is 7.35. The molecular weight excluding hydrogens is 339 g/mol. The summed E-state index contributed by atoms with van der Waals surface area (Å²) in [5, 5.41) is 0.0336. The number of unbranched alkanes of at least 4 members (excludes halogenated alkanes) is 3. The van der Waals surface area contributed by atoms with Crippen molar-refractivity contribution in [1.82, 2.24) is 0 Å². The van der Waals surface area contributed by atoms with E-state index in [1.807, 2.05) is 0 Å². The lowest BCUT2D eigenvalue weighted by molar-refractivity contribution is -0.134. The Morgan fingerprint density at radius 1 is 1.12 bits per heavy atom. The lowest BCUT2D eigenvalue weighted by atomic mass is 9.78. The third-order valence-corrected chi connectivity index (χ3v) is 5.62. The summed E-state index contributed by atoms with van der Waals surface area (Å²) < 4.78 is 18.6. The van der Waals surface area contributed by atoms with Crippen LogP contribution in [0.5, 0.6) is 5.75 Å². The number of benzene rings is 1. The first kappa shape index (κ1) is 20.2. The van der Waals surface area contributed by atoms with Gasteiger partial charge < -0.3 is 4.74 Å². The SMILES string of the molecule is CCCCCC[C@H]1CC[C@H](CCC(=O)Oc2ccc(Cl)c(F)c2)CC1. The van der Waals surface area contributed by atoms with E-state index in [1.165, 1.54) is 69.9 Å². The third-order valence-electron chi connectivity index (χ3n) is 5.31. The second kappa shape index (κ2) is 10.8. The maximum Gasteiger partial charge on any atom is 0.311 e. The molecule has 0 spiro atoms. The van der Waals surface area contributed by atoms with Crippen molar-refractivity contribution < 1.29 is 13.9 Å². The molecule has 1 fully saturated rings. The van der Waals surface area contributed by atoms with Gasteiger partial charge in [0.1, 0.15) is 11.6 Å².